The van der Waals surface area contributed by atoms with E-state index in [0.29, 0.717) is 16.1 Å². The summed E-state index contributed by atoms with van der Waals surface area (Å²) in [6, 6.07) is 19.5. The topological polar surface area (TPSA) is 96.9 Å². The van der Waals surface area contributed by atoms with Crippen LogP contribution in [0.5, 0.6) is 5.75 Å². The highest BCUT2D eigenvalue weighted by molar-refractivity contribution is 6.33. The molecule has 2 amide bonds. The maximum atomic E-state index is 12.3. The van der Waals surface area contributed by atoms with Crippen molar-refractivity contribution in [2.75, 3.05) is 6.54 Å². The fraction of sp³-hybridized carbons (Fsp3) is 0.0435. The molecule has 0 unspecified atom stereocenters. The van der Waals surface area contributed by atoms with Crippen LogP contribution in [0.1, 0.15) is 26.3 Å². The van der Waals surface area contributed by atoms with E-state index < -0.39 is 17.8 Å². The fourth-order valence-electron chi connectivity index (χ4n) is 2.54. The number of carbonyl (C=O) groups is 3. The first-order valence-corrected chi connectivity index (χ1v) is 10.1. The SMILES string of the molecule is O=C(CNC(=O)c1ccccc1Cl)N/N=C\c1ccccc1OC(=O)c1ccc(Cl)cc1. The molecule has 0 bridgehead atoms. The molecule has 3 aromatic carbocycles. The highest BCUT2D eigenvalue weighted by atomic mass is 35.5. The van der Waals surface area contributed by atoms with E-state index in [1.165, 1.54) is 6.21 Å². The summed E-state index contributed by atoms with van der Waals surface area (Å²) in [7, 11) is 0. The van der Waals surface area contributed by atoms with Gasteiger partial charge in [0, 0.05) is 10.6 Å². The third-order valence-corrected chi connectivity index (χ3v) is 4.70. The van der Waals surface area contributed by atoms with E-state index in [2.05, 4.69) is 15.8 Å². The maximum absolute atomic E-state index is 12.3. The Bertz CT molecular complexity index is 1160. The fourth-order valence-corrected chi connectivity index (χ4v) is 2.89. The van der Waals surface area contributed by atoms with Gasteiger partial charge in [-0.05, 0) is 48.5 Å². The summed E-state index contributed by atoms with van der Waals surface area (Å²) in [5, 5.41) is 7.10. The zero-order valence-corrected chi connectivity index (χ0v) is 18.1. The summed E-state index contributed by atoms with van der Waals surface area (Å²) in [4.78, 5) is 36.4. The monoisotopic (exact) mass is 469 g/mol. The van der Waals surface area contributed by atoms with Gasteiger partial charge < -0.3 is 10.1 Å². The van der Waals surface area contributed by atoms with Crippen LogP contribution in [0, 0.1) is 0 Å². The Morgan fingerprint density at radius 2 is 1.59 bits per heavy atom. The number of carbonyl (C=O) groups excluding carboxylic acids is 3. The standard InChI is InChI=1S/C23H17Cl2N3O4/c24-17-11-9-15(10-12-17)23(31)32-20-8-4-1-5-16(20)13-27-28-21(29)14-26-22(30)18-6-2-3-7-19(18)25/h1-13H,14H2,(H,26,30)(H,28,29)/b27-13-. The van der Waals surface area contributed by atoms with Crippen LogP contribution in [0.3, 0.4) is 0 Å². The van der Waals surface area contributed by atoms with E-state index in [4.69, 9.17) is 27.9 Å². The van der Waals surface area contributed by atoms with E-state index >= 15 is 0 Å². The second-order valence-electron chi connectivity index (χ2n) is 6.39. The normalized spacial score (nSPS) is 10.6. The van der Waals surface area contributed by atoms with Gasteiger partial charge >= 0.3 is 5.97 Å². The lowest BCUT2D eigenvalue weighted by molar-refractivity contribution is -0.120. The number of para-hydroxylation sites is 1. The van der Waals surface area contributed by atoms with Gasteiger partial charge in [-0.1, -0.05) is 47.5 Å². The number of esters is 1. The molecule has 162 valence electrons. The van der Waals surface area contributed by atoms with Crippen molar-refractivity contribution >= 4 is 47.2 Å². The number of nitrogens with one attached hydrogen (secondary N) is 2. The quantitative estimate of drug-likeness (QED) is 0.235. The third kappa shape index (κ3) is 6.41. The number of nitrogens with zero attached hydrogens (tertiary/aromatic N) is 1. The van der Waals surface area contributed by atoms with E-state index in [1.807, 2.05) is 0 Å². The highest BCUT2D eigenvalue weighted by Gasteiger charge is 2.12. The van der Waals surface area contributed by atoms with Crippen LogP contribution in [-0.2, 0) is 4.79 Å². The van der Waals surface area contributed by atoms with Crippen LogP contribution in [-0.4, -0.2) is 30.5 Å². The molecule has 2 N–H and O–H groups in total. The number of rotatable bonds is 7. The van der Waals surface area contributed by atoms with Crippen molar-refractivity contribution in [2.45, 2.75) is 0 Å². The average molecular weight is 470 g/mol. The Morgan fingerprint density at radius 3 is 2.34 bits per heavy atom. The van der Waals surface area contributed by atoms with Crippen LogP contribution in [0.2, 0.25) is 10.0 Å². The second-order valence-corrected chi connectivity index (χ2v) is 7.23. The first-order chi connectivity index (χ1) is 15.4. The van der Waals surface area contributed by atoms with Gasteiger partial charge in [0.1, 0.15) is 5.75 Å². The first kappa shape index (κ1) is 23.0. The van der Waals surface area contributed by atoms with Crippen molar-refractivity contribution in [2.24, 2.45) is 5.10 Å². The van der Waals surface area contributed by atoms with Crippen LogP contribution in [0.25, 0.3) is 0 Å². The van der Waals surface area contributed by atoms with Gasteiger partial charge in [0.25, 0.3) is 11.8 Å². The number of benzene rings is 3. The molecule has 0 aliphatic rings. The second kappa shape index (κ2) is 11.1. The van der Waals surface area contributed by atoms with Crippen LogP contribution in [0.4, 0.5) is 0 Å². The molecule has 0 aliphatic heterocycles. The van der Waals surface area contributed by atoms with Gasteiger partial charge in [-0.3, -0.25) is 9.59 Å². The number of hydrazone groups is 1. The summed E-state index contributed by atoms with van der Waals surface area (Å²) in [6.45, 7) is -0.297. The number of hydrogen-bond donors (Lipinski definition) is 2. The lowest BCUT2D eigenvalue weighted by atomic mass is 10.2. The van der Waals surface area contributed by atoms with Gasteiger partial charge in [0.05, 0.1) is 28.9 Å². The minimum Gasteiger partial charge on any atom is -0.422 e. The number of hydrogen-bond acceptors (Lipinski definition) is 5. The molecule has 32 heavy (non-hydrogen) atoms. The zero-order chi connectivity index (χ0) is 22.9. The lowest BCUT2D eigenvalue weighted by Gasteiger charge is -2.08. The van der Waals surface area contributed by atoms with Crippen LogP contribution in [0.15, 0.2) is 77.9 Å². The van der Waals surface area contributed by atoms with Gasteiger partial charge in [-0.25, -0.2) is 10.2 Å². The molecule has 0 heterocycles. The van der Waals surface area contributed by atoms with E-state index in [0.717, 1.165) is 0 Å². The Hall–Kier alpha value is -3.68. The van der Waals surface area contributed by atoms with Crippen molar-refractivity contribution in [3.05, 3.63) is 99.5 Å². The van der Waals surface area contributed by atoms with Crippen molar-refractivity contribution in [3.63, 3.8) is 0 Å². The molecule has 0 fully saturated rings. The predicted octanol–water partition coefficient (Wildman–Crippen LogP) is 4.09. The van der Waals surface area contributed by atoms with E-state index in [-0.39, 0.29) is 22.9 Å². The zero-order valence-electron chi connectivity index (χ0n) is 16.5. The van der Waals surface area contributed by atoms with Crippen LogP contribution < -0.4 is 15.5 Å². The molecule has 9 heteroatoms. The molecule has 0 atom stereocenters. The molecular formula is C23H17Cl2N3O4. The Kier molecular flexibility index (Phi) is 7.96. The summed E-state index contributed by atoms with van der Waals surface area (Å²) in [5.74, 6) is -1.32. The van der Waals surface area contributed by atoms with Crippen molar-refractivity contribution in [1.29, 1.82) is 0 Å². The molecule has 0 spiro atoms. The number of halogens is 2. The van der Waals surface area contributed by atoms with Crippen molar-refractivity contribution < 1.29 is 19.1 Å². The molecule has 0 aromatic heterocycles. The van der Waals surface area contributed by atoms with Crippen molar-refractivity contribution in [3.8, 4) is 5.75 Å². The van der Waals surface area contributed by atoms with Gasteiger partial charge in [0.15, 0.2) is 0 Å². The minimum atomic E-state index is -0.561. The first-order valence-electron chi connectivity index (χ1n) is 9.35. The lowest BCUT2D eigenvalue weighted by Crippen LogP contribution is -2.35. The van der Waals surface area contributed by atoms with Crippen molar-refractivity contribution in [1.82, 2.24) is 10.7 Å². The Balaban J connectivity index is 1.55. The molecule has 0 saturated heterocycles. The third-order valence-electron chi connectivity index (χ3n) is 4.12. The Morgan fingerprint density at radius 1 is 0.906 bits per heavy atom. The predicted molar refractivity (Wildman–Crippen MR) is 122 cm³/mol. The van der Waals surface area contributed by atoms with Crippen LogP contribution >= 0.6 is 23.2 Å². The van der Waals surface area contributed by atoms with Gasteiger partial charge in [-0.15, -0.1) is 0 Å². The average Bonchev–Trinajstić information content (AvgIpc) is 2.79. The summed E-state index contributed by atoms with van der Waals surface area (Å²) in [6.07, 6.45) is 1.33. The number of amides is 2. The molecule has 0 radical (unpaired) electrons. The van der Waals surface area contributed by atoms with Gasteiger partial charge in [0.2, 0.25) is 0 Å². The summed E-state index contributed by atoms with van der Waals surface area (Å²) in [5.41, 5.74) is 3.37. The Labute approximate surface area is 194 Å². The van der Waals surface area contributed by atoms with Gasteiger partial charge in [-0.2, -0.15) is 5.10 Å². The minimum absolute atomic E-state index is 0.262. The van der Waals surface area contributed by atoms with E-state index in [1.54, 1.807) is 72.8 Å². The molecule has 3 aromatic rings. The summed E-state index contributed by atoms with van der Waals surface area (Å²) < 4.78 is 5.41. The molecule has 0 aliphatic carbocycles. The number of ether oxygens (including phenoxy) is 1. The molecular weight excluding hydrogens is 453 g/mol. The molecule has 0 saturated carbocycles. The smallest absolute Gasteiger partial charge is 0.343 e. The van der Waals surface area contributed by atoms with E-state index in [9.17, 15) is 14.4 Å². The maximum Gasteiger partial charge on any atom is 0.343 e. The molecule has 3 rings (SSSR count). The largest absolute Gasteiger partial charge is 0.422 e. The summed E-state index contributed by atoms with van der Waals surface area (Å²) >= 11 is 11.8. The molecule has 7 nitrogen and oxygen atoms in total. The highest BCUT2D eigenvalue weighted by Crippen LogP contribution is 2.18.